The summed E-state index contributed by atoms with van der Waals surface area (Å²) in [5.74, 6) is -9.50. The van der Waals surface area contributed by atoms with Gasteiger partial charge in [-0.1, -0.05) is 44.2 Å². The van der Waals surface area contributed by atoms with Crippen molar-refractivity contribution in [2.24, 2.45) is 46.4 Å². The predicted octanol–water partition coefficient (Wildman–Crippen LogP) is -4.66. The maximum atomic E-state index is 14.4. The van der Waals surface area contributed by atoms with Crippen LogP contribution in [0.2, 0.25) is 0 Å². The number of aliphatic hydroxyl groups is 2. The van der Waals surface area contributed by atoms with Crippen molar-refractivity contribution in [1.29, 1.82) is 0 Å². The van der Waals surface area contributed by atoms with Crippen LogP contribution in [0.5, 0.6) is 0 Å². The standard InChI is InChI=1S/C45H76N12O11/c1-24(2)20-28-22-36(60)35(21-27-8-6-5-7-9-27)57-43(66)32(12-17-48)54-44(67)34(55-42(65)33(13-18-49)56-45(68)38(50)26(4)59)14-19-51-40(63)29(25(3)58)23-37(61)30(10-15-46)52-41(64)31(11-16-47)53-39(28)62/h5-9,24-26,28-35,38,58-59H,10-23,46-50H2,1-4H3,(H,51,63)(H,52,64)(H,53,62)(H,54,67)(H,55,65)(H,56,68)(H,57,66)/t25-,26+,28+,29+,30-,31-,32+,33-,34?,35+,38-/m0/s1. The maximum absolute atomic E-state index is 14.4. The molecule has 19 N–H and O–H groups in total. The highest BCUT2D eigenvalue weighted by Gasteiger charge is 2.36. The van der Waals surface area contributed by atoms with Crippen molar-refractivity contribution in [1.82, 2.24) is 37.2 Å². The van der Waals surface area contributed by atoms with Crippen LogP contribution in [0, 0.1) is 17.8 Å². The Balaban J connectivity index is 2.74. The number of hydrogen-bond donors (Lipinski definition) is 14. The number of benzene rings is 1. The zero-order valence-corrected chi connectivity index (χ0v) is 39.7. The predicted molar refractivity (Wildman–Crippen MR) is 251 cm³/mol. The van der Waals surface area contributed by atoms with Gasteiger partial charge in [-0.25, -0.2) is 0 Å². The SMILES string of the molecule is CC(C)C[C@@H]1CC(=O)[C@@H](Cc2ccccc2)NC(=O)[C@@H](CCN)NC(=O)C(NC(=O)[C@H](CCN)NC(=O)[C@@H](N)[C@@H](C)O)CCNC(=O)[C@@H]([C@H](C)O)CC(=O)[C@H](CCN)NC(=O)[C@H](CCN)NC1=O. The average molecular weight is 961 g/mol. The zero-order valence-electron chi connectivity index (χ0n) is 39.7. The third kappa shape index (κ3) is 19.7. The van der Waals surface area contributed by atoms with Crippen LogP contribution >= 0.6 is 0 Å². The number of hydrogen-bond acceptors (Lipinski definition) is 16. The van der Waals surface area contributed by atoms with Crippen LogP contribution in [0.4, 0.5) is 0 Å². The molecule has 68 heavy (non-hydrogen) atoms. The lowest BCUT2D eigenvalue weighted by Gasteiger charge is -2.28. The molecule has 7 amide bonds. The lowest BCUT2D eigenvalue weighted by molar-refractivity contribution is -0.136. The van der Waals surface area contributed by atoms with Crippen molar-refractivity contribution in [2.45, 2.75) is 140 Å². The number of aliphatic hydroxyl groups excluding tert-OH is 2. The molecule has 1 aromatic carbocycles. The van der Waals surface area contributed by atoms with E-state index in [1.54, 1.807) is 30.3 Å². The Morgan fingerprint density at radius 1 is 0.676 bits per heavy atom. The van der Waals surface area contributed by atoms with Crippen LogP contribution in [-0.2, 0) is 49.6 Å². The van der Waals surface area contributed by atoms with E-state index in [1.165, 1.54) is 13.8 Å². The third-order valence-corrected chi connectivity index (χ3v) is 11.5. The largest absolute Gasteiger partial charge is 0.393 e. The van der Waals surface area contributed by atoms with E-state index in [0.29, 0.717) is 5.56 Å². The second-order valence-corrected chi connectivity index (χ2v) is 17.7. The van der Waals surface area contributed by atoms with Crippen molar-refractivity contribution >= 4 is 52.9 Å². The monoisotopic (exact) mass is 961 g/mol. The number of rotatable bonds is 18. The van der Waals surface area contributed by atoms with Crippen LogP contribution in [0.1, 0.15) is 84.6 Å². The first-order valence-electron chi connectivity index (χ1n) is 23.3. The highest BCUT2D eigenvalue weighted by molar-refractivity contribution is 5.98. The topological polar surface area (TPSA) is 408 Å². The van der Waals surface area contributed by atoms with Gasteiger partial charge in [0, 0.05) is 25.3 Å². The van der Waals surface area contributed by atoms with Gasteiger partial charge in [0.2, 0.25) is 41.4 Å². The van der Waals surface area contributed by atoms with E-state index in [1.807, 2.05) is 13.8 Å². The molecule has 1 aromatic rings. The van der Waals surface area contributed by atoms with E-state index >= 15 is 0 Å². The number of Topliss-reactive ketones (excluding diaryl/α,β-unsaturated/α-hetero) is 2. The Morgan fingerprint density at radius 2 is 1.21 bits per heavy atom. The summed E-state index contributed by atoms with van der Waals surface area (Å²) in [6, 6.07) is -0.697. The Morgan fingerprint density at radius 3 is 1.74 bits per heavy atom. The zero-order chi connectivity index (χ0) is 51.1. The molecule has 2 rings (SSSR count). The Hall–Kier alpha value is -5.43. The van der Waals surface area contributed by atoms with Gasteiger partial charge >= 0.3 is 0 Å². The van der Waals surface area contributed by atoms with E-state index < -0.39 is 126 Å². The van der Waals surface area contributed by atoms with Gasteiger partial charge in [0.25, 0.3) is 0 Å². The molecule has 0 radical (unpaired) electrons. The van der Waals surface area contributed by atoms with Crippen molar-refractivity contribution < 1.29 is 53.4 Å². The minimum Gasteiger partial charge on any atom is -0.393 e. The van der Waals surface area contributed by atoms with Crippen molar-refractivity contribution in [3.8, 4) is 0 Å². The molecule has 0 aliphatic carbocycles. The van der Waals surface area contributed by atoms with Crippen LogP contribution in [-0.4, -0.2) is 150 Å². The number of ketones is 2. The van der Waals surface area contributed by atoms with Crippen molar-refractivity contribution in [3.63, 3.8) is 0 Å². The highest BCUT2D eigenvalue weighted by atomic mass is 16.3. The fraction of sp³-hybridized carbons (Fsp3) is 0.667. The summed E-state index contributed by atoms with van der Waals surface area (Å²) in [6.07, 6.45) is -4.21. The van der Waals surface area contributed by atoms with E-state index in [9.17, 15) is 53.4 Å². The third-order valence-electron chi connectivity index (χ3n) is 11.5. The molecule has 0 bridgehead atoms. The number of nitrogens with two attached hydrogens (primary N) is 5. The molecule has 0 aromatic heterocycles. The second kappa shape index (κ2) is 30.1. The number of carbonyl (C=O) groups is 9. The van der Waals surface area contributed by atoms with Gasteiger partial charge in [0.1, 0.15) is 30.2 Å². The smallest absolute Gasteiger partial charge is 0.243 e. The van der Waals surface area contributed by atoms with Gasteiger partial charge in [-0.3, -0.25) is 43.2 Å². The Kier molecular flexibility index (Phi) is 26.0. The van der Waals surface area contributed by atoms with E-state index in [4.69, 9.17) is 28.7 Å². The summed E-state index contributed by atoms with van der Waals surface area (Å²) in [6.45, 7) is 5.54. The molecule has 0 saturated carbocycles. The second-order valence-electron chi connectivity index (χ2n) is 17.7. The van der Waals surface area contributed by atoms with Gasteiger partial charge in [-0.15, -0.1) is 0 Å². The van der Waals surface area contributed by atoms with Crippen LogP contribution < -0.4 is 65.9 Å². The lowest BCUT2D eigenvalue weighted by atomic mass is 9.88. The average Bonchev–Trinajstić information content (AvgIpc) is 3.28. The van der Waals surface area contributed by atoms with Crippen molar-refractivity contribution in [3.05, 3.63) is 35.9 Å². The molecule has 23 heteroatoms. The fourth-order valence-electron chi connectivity index (χ4n) is 7.57. The van der Waals surface area contributed by atoms with Crippen molar-refractivity contribution in [2.75, 3.05) is 32.7 Å². The molecule has 382 valence electrons. The van der Waals surface area contributed by atoms with E-state index in [-0.39, 0.29) is 90.0 Å². The summed E-state index contributed by atoms with van der Waals surface area (Å²) in [5, 5.41) is 38.7. The summed E-state index contributed by atoms with van der Waals surface area (Å²) in [7, 11) is 0. The molecule has 0 spiro atoms. The summed E-state index contributed by atoms with van der Waals surface area (Å²) < 4.78 is 0. The maximum Gasteiger partial charge on any atom is 0.243 e. The lowest BCUT2D eigenvalue weighted by Crippen LogP contribution is -2.60. The van der Waals surface area contributed by atoms with Crippen LogP contribution in [0.3, 0.4) is 0 Å². The first-order valence-corrected chi connectivity index (χ1v) is 23.3. The van der Waals surface area contributed by atoms with E-state index in [2.05, 4.69) is 37.2 Å². The first-order chi connectivity index (χ1) is 32.2. The van der Waals surface area contributed by atoms with Crippen LogP contribution in [0.25, 0.3) is 0 Å². The molecular formula is C45H76N12O11. The Bertz CT molecular complexity index is 1840. The molecule has 11 atom stereocenters. The van der Waals surface area contributed by atoms with Gasteiger partial charge in [0.05, 0.1) is 30.2 Å². The summed E-state index contributed by atoms with van der Waals surface area (Å²) in [4.78, 5) is 125. The van der Waals surface area contributed by atoms with Gasteiger partial charge < -0.3 is 76.1 Å². The summed E-state index contributed by atoms with van der Waals surface area (Å²) in [5.41, 5.74) is 29.8. The number of carbonyl (C=O) groups excluding carboxylic acids is 9. The molecular weight excluding hydrogens is 885 g/mol. The van der Waals surface area contributed by atoms with E-state index in [0.717, 1.165) is 0 Å². The molecule has 1 aliphatic heterocycles. The first kappa shape index (κ1) is 58.7. The molecule has 1 aliphatic rings. The molecule has 1 fully saturated rings. The highest BCUT2D eigenvalue weighted by Crippen LogP contribution is 2.20. The molecule has 23 nitrogen and oxygen atoms in total. The number of amides is 7. The fourth-order valence-corrected chi connectivity index (χ4v) is 7.57. The number of nitrogens with one attached hydrogen (secondary N) is 7. The van der Waals surface area contributed by atoms with Gasteiger partial charge in [-0.2, -0.15) is 0 Å². The quantitative estimate of drug-likeness (QED) is 0.0658. The molecule has 1 heterocycles. The van der Waals surface area contributed by atoms with Gasteiger partial charge in [0.15, 0.2) is 11.6 Å². The molecule has 1 unspecified atom stereocenters. The summed E-state index contributed by atoms with van der Waals surface area (Å²) >= 11 is 0. The minimum atomic E-state index is -1.53. The normalized spacial score (nSPS) is 25.1. The Labute approximate surface area is 397 Å². The van der Waals surface area contributed by atoms with Gasteiger partial charge in [-0.05, 0) is 96.5 Å². The minimum absolute atomic E-state index is 0.0156. The molecule has 1 saturated heterocycles. The van der Waals surface area contributed by atoms with Crippen LogP contribution in [0.15, 0.2) is 30.3 Å².